The topological polar surface area (TPSA) is 69.0 Å². The highest BCUT2D eigenvalue weighted by Gasteiger charge is 2.23. The molecular formula is C26H34ClN3O4. The normalized spacial score (nSPS) is 12.5. The highest BCUT2D eigenvalue weighted by atomic mass is 35.5. The van der Waals surface area contributed by atoms with Gasteiger partial charge in [-0.3, -0.25) is 4.90 Å². The summed E-state index contributed by atoms with van der Waals surface area (Å²) in [5.41, 5.74) is 2.63. The van der Waals surface area contributed by atoms with Gasteiger partial charge in [0.05, 0.1) is 47.4 Å². The van der Waals surface area contributed by atoms with Crippen LogP contribution in [0.4, 0.5) is 0 Å². The number of halogens is 1. The van der Waals surface area contributed by atoms with Crippen molar-refractivity contribution in [3.8, 4) is 17.3 Å². The minimum Gasteiger partial charge on any atom is -0.437 e. The van der Waals surface area contributed by atoms with Gasteiger partial charge in [0.2, 0.25) is 5.88 Å². The first kappa shape index (κ1) is 26.2. The highest BCUT2D eigenvalue weighted by Crippen LogP contribution is 2.34. The maximum absolute atomic E-state index is 10.6. The third kappa shape index (κ3) is 7.29. The van der Waals surface area contributed by atoms with Gasteiger partial charge >= 0.3 is 0 Å². The number of hydrogen-bond acceptors (Lipinski definition) is 6. The van der Waals surface area contributed by atoms with E-state index in [1.165, 1.54) is 0 Å². The van der Waals surface area contributed by atoms with Crippen LogP contribution in [-0.2, 0) is 16.0 Å². The molecule has 0 amide bonds. The Morgan fingerprint density at radius 3 is 2.47 bits per heavy atom. The molecule has 0 unspecified atom stereocenters. The van der Waals surface area contributed by atoms with E-state index in [2.05, 4.69) is 4.90 Å². The molecule has 0 spiro atoms. The molecule has 3 aromatic rings. The van der Waals surface area contributed by atoms with E-state index >= 15 is 0 Å². The SMILES string of the molecule is COCCN(Cc1c(C)nn(-c2ccccc2)c1Oc1ccccc1Cl)C[C@H](O)COC(C)C. The Balaban J connectivity index is 1.94. The van der Waals surface area contributed by atoms with Gasteiger partial charge in [0.15, 0.2) is 0 Å². The number of aliphatic hydroxyl groups excluding tert-OH is 1. The minimum atomic E-state index is -0.628. The van der Waals surface area contributed by atoms with Gasteiger partial charge in [-0.2, -0.15) is 5.10 Å². The fraction of sp³-hybridized carbons (Fsp3) is 0.423. The fourth-order valence-electron chi connectivity index (χ4n) is 3.53. The summed E-state index contributed by atoms with van der Waals surface area (Å²) in [5, 5.41) is 15.9. The van der Waals surface area contributed by atoms with E-state index in [1.807, 2.05) is 69.3 Å². The second kappa shape index (κ2) is 12.9. The van der Waals surface area contributed by atoms with Crippen molar-refractivity contribution in [2.24, 2.45) is 0 Å². The van der Waals surface area contributed by atoms with Crippen LogP contribution in [0.25, 0.3) is 5.69 Å². The van der Waals surface area contributed by atoms with E-state index in [1.54, 1.807) is 17.9 Å². The summed E-state index contributed by atoms with van der Waals surface area (Å²) >= 11 is 6.41. The molecule has 0 saturated carbocycles. The van der Waals surface area contributed by atoms with Gasteiger partial charge in [-0.1, -0.05) is 41.9 Å². The second-order valence-corrected chi connectivity index (χ2v) is 8.82. The predicted octanol–water partition coefficient (Wildman–Crippen LogP) is 4.86. The summed E-state index contributed by atoms with van der Waals surface area (Å²) in [5.74, 6) is 1.14. The van der Waals surface area contributed by atoms with Gasteiger partial charge < -0.3 is 19.3 Å². The average molecular weight is 488 g/mol. The fourth-order valence-corrected chi connectivity index (χ4v) is 3.71. The third-order valence-electron chi connectivity index (χ3n) is 5.27. The molecule has 184 valence electrons. The second-order valence-electron chi connectivity index (χ2n) is 8.41. The molecule has 0 bridgehead atoms. The van der Waals surface area contributed by atoms with Crippen molar-refractivity contribution in [2.75, 3.05) is 33.4 Å². The number of aromatic nitrogens is 2. The van der Waals surface area contributed by atoms with Crippen LogP contribution in [0.5, 0.6) is 11.6 Å². The van der Waals surface area contributed by atoms with Gasteiger partial charge in [-0.05, 0) is 45.0 Å². The number of rotatable bonds is 13. The zero-order chi connectivity index (χ0) is 24.5. The van der Waals surface area contributed by atoms with Gasteiger partial charge in [-0.25, -0.2) is 4.68 Å². The first-order valence-corrected chi connectivity index (χ1v) is 11.8. The van der Waals surface area contributed by atoms with Crippen LogP contribution >= 0.6 is 11.6 Å². The van der Waals surface area contributed by atoms with E-state index in [0.29, 0.717) is 42.9 Å². The first-order chi connectivity index (χ1) is 16.4. The molecule has 34 heavy (non-hydrogen) atoms. The van der Waals surface area contributed by atoms with Crippen molar-refractivity contribution in [2.45, 2.75) is 39.5 Å². The monoisotopic (exact) mass is 487 g/mol. The van der Waals surface area contributed by atoms with Crippen LogP contribution in [-0.4, -0.2) is 65.4 Å². The summed E-state index contributed by atoms with van der Waals surface area (Å²) in [6.07, 6.45) is -0.569. The van der Waals surface area contributed by atoms with Crippen LogP contribution in [0.1, 0.15) is 25.1 Å². The zero-order valence-corrected chi connectivity index (χ0v) is 21.0. The lowest BCUT2D eigenvalue weighted by molar-refractivity contribution is -0.0122. The van der Waals surface area contributed by atoms with Crippen LogP contribution in [0.15, 0.2) is 54.6 Å². The number of ether oxygens (including phenoxy) is 3. The Bertz CT molecular complexity index is 1030. The van der Waals surface area contributed by atoms with Crippen LogP contribution in [0, 0.1) is 6.92 Å². The third-order valence-corrected chi connectivity index (χ3v) is 5.58. The standard InChI is InChI=1S/C26H34ClN3O4/c1-19(2)33-18-22(31)16-29(14-15-32-4)17-23-20(3)28-30(21-10-6-5-7-11-21)26(23)34-25-13-9-8-12-24(25)27/h5-13,19,22,31H,14-18H2,1-4H3/t22-/m0/s1. The molecule has 1 aromatic heterocycles. The van der Waals surface area contributed by atoms with Crippen LogP contribution < -0.4 is 4.74 Å². The van der Waals surface area contributed by atoms with Crippen molar-refractivity contribution >= 4 is 11.6 Å². The molecule has 1 N–H and O–H groups in total. The van der Waals surface area contributed by atoms with Crippen molar-refractivity contribution in [3.63, 3.8) is 0 Å². The lowest BCUT2D eigenvalue weighted by Gasteiger charge is -2.25. The summed E-state index contributed by atoms with van der Waals surface area (Å²) in [6.45, 7) is 8.25. The van der Waals surface area contributed by atoms with Crippen molar-refractivity contribution in [1.82, 2.24) is 14.7 Å². The number of aliphatic hydroxyl groups is 1. The Morgan fingerprint density at radius 1 is 1.09 bits per heavy atom. The van der Waals surface area contributed by atoms with Gasteiger partial charge in [0, 0.05) is 26.7 Å². The highest BCUT2D eigenvalue weighted by molar-refractivity contribution is 6.32. The number of hydrogen-bond donors (Lipinski definition) is 1. The molecule has 0 radical (unpaired) electrons. The van der Waals surface area contributed by atoms with Crippen LogP contribution in [0.3, 0.4) is 0 Å². The smallest absolute Gasteiger partial charge is 0.227 e. The van der Waals surface area contributed by atoms with Crippen LogP contribution in [0.2, 0.25) is 5.02 Å². The molecule has 3 rings (SSSR count). The Hall–Kier alpha value is -2.42. The van der Waals surface area contributed by atoms with E-state index in [-0.39, 0.29) is 12.7 Å². The van der Waals surface area contributed by atoms with E-state index in [4.69, 9.17) is 30.9 Å². The summed E-state index contributed by atoms with van der Waals surface area (Å²) < 4.78 is 19.1. The maximum atomic E-state index is 10.6. The number of benzene rings is 2. The minimum absolute atomic E-state index is 0.0593. The molecule has 1 atom stereocenters. The number of methoxy groups -OCH3 is 1. The van der Waals surface area contributed by atoms with Gasteiger partial charge in [-0.15, -0.1) is 0 Å². The van der Waals surface area contributed by atoms with Crippen molar-refractivity contribution in [3.05, 3.63) is 70.9 Å². The molecule has 0 fully saturated rings. The Labute approximate surface area is 206 Å². The lowest BCUT2D eigenvalue weighted by Crippen LogP contribution is -2.37. The maximum Gasteiger partial charge on any atom is 0.227 e. The molecular weight excluding hydrogens is 454 g/mol. The van der Waals surface area contributed by atoms with E-state index in [0.717, 1.165) is 16.9 Å². The molecule has 1 heterocycles. The molecule has 2 aromatic carbocycles. The molecule has 0 aliphatic carbocycles. The van der Waals surface area contributed by atoms with Crippen molar-refractivity contribution < 1.29 is 19.3 Å². The average Bonchev–Trinajstić information content (AvgIpc) is 3.13. The number of para-hydroxylation sites is 2. The van der Waals surface area contributed by atoms with Gasteiger partial charge in [0.25, 0.3) is 0 Å². The number of aryl methyl sites for hydroxylation is 1. The van der Waals surface area contributed by atoms with Crippen molar-refractivity contribution in [1.29, 1.82) is 0 Å². The van der Waals surface area contributed by atoms with E-state index < -0.39 is 6.10 Å². The van der Waals surface area contributed by atoms with Gasteiger partial charge in [0.1, 0.15) is 5.75 Å². The Morgan fingerprint density at radius 2 is 1.79 bits per heavy atom. The molecule has 0 saturated heterocycles. The predicted molar refractivity (Wildman–Crippen MR) is 134 cm³/mol. The molecule has 0 aliphatic heterocycles. The number of nitrogens with zero attached hydrogens (tertiary/aromatic N) is 3. The largest absolute Gasteiger partial charge is 0.437 e. The molecule has 7 nitrogen and oxygen atoms in total. The zero-order valence-electron chi connectivity index (χ0n) is 20.3. The Kier molecular flexibility index (Phi) is 9.92. The molecule has 0 aliphatic rings. The summed E-state index contributed by atoms with van der Waals surface area (Å²) in [4.78, 5) is 2.12. The summed E-state index contributed by atoms with van der Waals surface area (Å²) in [7, 11) is 1.67. The quantitative estimate of drug-likeness (QED) is 0.371. The molecule has 8 heteroatoms. The first-order valence-electron chi connectivity index (χ1n) is 11.5. The van der Waals surface area contributed by atoms with E-state index in [9.17, 15) is 5.11 Å². The summed E-state index contributed by atoms with van der Waals surface area (Å²) in [6, 6.07) is 17.2. The lowest BCUT2D eigenvalue weighted by atomic mass is 10.2.